The van der Waals surface area contributed by atoms with Crippen molar-refractivity contribution in [1.82, 2.24) is 5.32 Å². The Hall–Kier alpha value is -0.930. The molecule has 0 unspecified atom stereocenters. The van der Waals surface area contributed by atoms with Crippen molar-refractivity contribution >= 4 is 11.6 Å². The van der Waals surface area contributed by atoms with E-state index in [1.165, 1.54) is 25.7 Å². The van der Waals surface area contributed by atoms with E-state index in [4.69, 9.17) is 21.1 Å². The lowest BCUT2D eigenvalue weighted by Crippen LogP contribution is -2.35. The lowest BCUT2D eigenvalue weighted by atomic mass is 9.88. The van der Waals surface area contributed by atoms with E-state index in [1.807, 2.05) is 31.2 Å². The second kappa shape index (κ2) is 8.50. The Bertz CT molecular complexity index is 419. The Morgan fingerprint density at radius 1 is 1.14 bits per heavy atom. The molecule has 0 bridgehead atoms. The third-order valence-corrected chi connectivity index (χ3v) is 4.70. The summed E-state index contributed by atoms with van der Waals surface area (Å²) in [6, 6.07) is 7.81. The molecule has 1 aliphatic carbocycles. The first-order chi connectivity index (χ1) is 10.3. The van der Waals surface area contributed by atoms with Gasteiger partial charge in [0.25, 0.3) is 0 Å². The first-order valence-corrected chi connectivity index (χ1v) is 8.44. The number of benzene rings is 1. The molecule has 21 heavy (non-hydrogen) atoms. The average molecular weight is 312 g/mol. The molecule has 1 aromatic rings. The summed E-state index contributed by atoms with van der Waals surface area (Å²) in [5, 5.41) is 3.49. The van der Waals surface area contributed by atoms with Crippen molar-refractivity contribution in [1.29, 1.82) is 0 Å². The number of hydrogen-bond acceptors (Lipinski definition) is 3. The highest BCUT2D eigenvalue weighted by Gasteiger charge is 2.32. The minimum Gasteiger partial charge on any atom is -0.490 e. The maximum absolute atomic E-state index is 6.14. The summed E-state index contributed by atoms with van der Waals surface area (Å²) in [5.41, 5.74) is 0.310. The summed E-state index contributed by atoms with van der Waals surface area (Å²) in [5.74, 6) is 2.38. The van der Waals surface area contributed by atoms with E-state index in [2.05, 4.69) is 5.32 Å². The molecule has 1 aromatic carbocycles. The Balaban J connectivity index is 1.70. The van der Waals surface area contributed by atoms with Crippen LogP contribution < -0.4 is 14.8 Å². The molecule has 1 N–H and O–H groups in total. The summed E-state index contributed by atoms with van der Waals surface area (Å²) in [7, 11) is 0. The van der Waals surface area contributed by atoms with Gasteiger partial charge in [-0.2, -0.15) is 0 Å². The van der Waals surface area contributed by atoms with Crippen molar-refractivity contribution < 1.29 is 9.47 Å². The molecule has 0 saturated heterocycles. The largest absolute Gasteiger partial charge is 0.490 e. The van der Waals surface area contributed by atoms with E-state index in [1.54, 1.807) is 0 Å². The number of ether oxygens (including phenoxy) is 2. The van der Waals surface area contributed by atoms with Crippen LogP contribution in [0.15, 0.2) is 24.3 Å². The van der Waals surface area contributed by atoms with Crippen LogP contribution in [-0.4, -0.2) is 32.2 Å². The van der Waals surface area contributed by atoms with Gasteiger partial charge in [0.1, 0.15) is 6.61 Å². The van der Waals surface area contributed by atoms with E-state index >= 15 is 0 Å². The fourth-order valence-corrected chi connectivity index (χ4v) is 3.28. The van der Waals surface area contributed by atoms with Crippen LogP contribution >= 0.6 is 11.6 Å². The molecular weight excluding hydrogens is 286 g/mol. The smallest absolute Gasteiger partial charge is 0.161 e. The first kappa shape index (κ1) is 16.4. The van der Waals surface area contributed by atoms with E-state index in [-0.39, 0.29) is 0 Å². The summed E-state index contributed by atoms with van der Waals surface area (Å²) < 4.78 is 11.3. The Labute approximate surface area is 133 Å². The molecule has 1 fully saturated rings. The molecule has 0 radical (unpaired) electrons. The Kier molecular flexibility index (Phi) is 6.65. The van der Waals surface area contributed by atoms with Gasteiger partial charge >= 0.3 is 0 Å². The van der Waals surface area contributed by atoms with Crippen molar-refractivity contribution in [2.24, 2.45) is 5.41 Å². The standard InChI is InChI=1S/C17H26ClNO2/c1-2-20-15-7-3-4-8-16(15)21-12-11-19-14-17(13-18)9-5-6-10-17/h3-4,7-8,19H,2,5-6,9-14H2,1H3. The summed E-state index contributed by atoms with van der Waals surface area (Å²) in [6.07, 6.45) is 5.12. The monoisotopic (exact) mass is 311 g/mol. The summed E-state index contributed by atoms with van der Waals surface area (Å²) in [6.45, 7) is 5.09. The number of rotatable bonds is 9. The third-order valence-electron chi connectivity index (χ3n) is 4.13. The van der Waals surface area contributed by atoms with Crippen molar-refractivity contribution in [3.8, 4) is 11.5 Å². The van der Waals surface area contributed by atoms with Crippen molar-refractivity contribution in [2.45, 2.75) is 32.6 Å². The normalized spacial score (nSPS) is 16.9. The summed E-state index contributed by atoms with van der Waals surface area (Å²) in [4.78, 5) is 0. The zero-order chi connectivity index (χ0) is 15.0. The van der Waals surface area contributed by atoms with Crippen LogP contribution in [0.25, 0.3) is 0 Å². The molecule has 0 heterocycles. The van der Waals surface area contributed by atoms with Crippen molar-refractivity contribution in [3.63, 3.8) is 0 Å². The molecular formula is C17H26ClNO2. The minimum atomic E-state index is 0.310. The van der Waals surface area contributed by atoms with Gasteiger partial charge in [-0.15, -0.1) is 11.6 Å². The second-order valence-corrected chi connectivity index (χ2v) is 6.01. The molecule has 4 heteroatoms. The fourth-order valence-electron chi connectivity index (χ4n) is 2.91. The predicted octanol–water partition coefficient (Wildman–Crippen LogP) is 3.85. The number of nitrogens with one attached hydrogen (secondary N) is 1. The highest BCUT2D eigenvalue weighted by atomic mass is 35.5. The van der Waals surface area contributed by atoms with E-state index in [0.717, 1.165) is 30.5 Å². The first-order valence-electron chi connectivity index (χ1n) is 7.91. The molecule has 118 valence electrons. The van der Waals surface area contributed by atoms with Crippen LogP contribution in [0.1, 0.15) is 32.6 Å². The highest BCUT2D eigenvalue weighted by Crippen LogP contribution is 2.38. The van der Waals surface area contributed by atoms with Crippen LogP contribution in [0, 0.1) is 5.41 Å². The lowest BCUT2D eigenvalue weighted by molar-refractivity contribution is 0.262. The van der Waals surface area contributed by atoms with Crippen LogP contribution in [0.5, 0.6) is 11.5 Å². The number of para-hydroxylation sites is 2. The molecule has 2 rings (SSSR count). The topological polar surface area (TPSA) is 30.5 Å². The highest BCUT2D eigenvalue weighted by molar-refractivity contribution is 6.18. The molecule has 1 saturated carbocycles. The SMILES string of the molecule is CCOc1ccccc1OCCNCC1(CCl)CCCC1. The van der Waals surface area contributed by atoms with E-state index in [9.17, 15) is 0 Å². The Morgan fingerprint density at radius 3 is 2.43 bits per heavy atom. The van der Waals surface area contributed by atoms with E-state index < -0.39 is 0 Å². The molecule has 0 spiro atoms. The van der Waals surface area contributed by atoms with Crippen LogP contribution in [0.3, 0.4) is 0 Å². The number of hydrogen-bond donors (Lipinski definition) is 1. The molecule has 1 aliphatic rings. The minimum absolute atomic E-state index is 0.310. The predicted molar refractivity (Wildman–Crippen MR) is 87.6 cm³/mol. The van der Waals surface area contributed by atoms with Gasteiger partial charge in [0.15, 0.2) is 11.5 Å². The summed E-state index contributed by atoms with van der Waals surface area (Å²) >= 11 is 6.14. The molecule has 3 nitrogen and oxygen atoms in total. The number of alkyl halides is 1. The van der Waals surface area contributed by atoms with Gasteiger partial charge in [-0.05, 0) is 37.3 Å². The fraction of sp³-hybridized carbons (Fsp3) is 0.647. The van der Waals surface area contributed by atoms with Gasteiger partial charge in [-0.1, -0.05) is 25.0 Å². The maximum Gasteiger partial charge on any atom is 0.161 e. The molecule has 0 atom stereocenters. The maximum atomic E-state index is 6.14. The van der Waals surface area contributed by atoms with Crippen LogP contribution in [0.2, 0.25) is 0 Å². The van der Waals surface area contributed by atoms with Crippen molar-refractivity contribution in [2.75, 3.05) is 32.2 Å². The van der Waals surface area contributed by atoms with Gasteiger partial charge < -0.3 is 14.8 Å². The lowest BCUT2D eigenvalue weighted by Gasteiger charge is -2.26. The zero-order valence-corrected chi connectivity index (χ0v) is 13.6. The third kappa shape index (κ3) is 4.79. The van der Waals surface area contributed by atoms with Gasteiger partial charge in [0.2, 0.25) is 0 Å². The average Bonchev–Trinajstić information content (AvgIpc) is 2.98. The van der Waals surface area contributed by atoms with Crippen LogP contribution in [0.4, 0.5) is 0 Å². The molecule has 0 aliphatic heterocycles. The quantitative estimate of drug-likeness (QED) is 0.555. The molecule has 0 amide bonds. The Morgan fingerprint density at radius 2 is 1.81 bits per heavy atom. The van der Waals surface area contributed by atoms with Gasteiger partial charge in [-0.25, -0.2) is 0 Å². The van der Waals surface area contributed by atoms with Gasteiger partial charge in [0, 0.05) is 19.0 Å². The van der Waals surface area contributed by atoms with Gasteiger partial charge in [-0.3, -0.25) is 0 Å². The number of halogens is 1. The molecule has 0 aromatic heterocycles. The van der Waals surface area contributed by atoms with Gasteiger partial charge in [0.05, 0.1) is 6.61 Å². The van der Waals surface area contributed by atoms with Crippen molar-refractivity contribution in [3.05, 3.63) is 24.3 Å². The van der Waals surface area contributed by atoms with Crippen LogP contribution in [-0.2, 0) is 0 Å². The van der Waals surface area contributed by atoms with E-state index in [0.29, 0.717) is 18.6 Å². The zero-order valence-electron chi connectivity index (χ0n) is 12.9. The second-order valence-electron chi connectivity index (χ2n) is 5.75.